The molecule has 0 saturated carbocycles. The van der Waals surface area contributed by atoms with E-state index in [1.807, 2.05) is 0 Å². The number of fused-ring (bicyclic) bond motifs is 1. The van der Waals surface area contributed by atoms with E-state index in [1.165, 1.54) is 36.4 Å². The maximum atomic E-state index is 12.5. The molecule has 1 heterocycles. The molecule has 1 aliphatic heterocycles. The van der Waals surface area contributed by atoms with Crippen molar-refractivity contribution < 1.29 is 28.0 Å². The molecule has 0 radical (unpaired) electrons. The van der Waals surface area contributed by atoms with E-state index in [0.717, 1.165) is 0 Å². The van der Waals surface area contributed by atoms with Gasteiger partial charge in [0.15, 0.2) is 0 Å². The van der Waals surface area contributed by atoms with Crippen molar-refractivity contribution in [2.45, 2.75) is 12.8 Å². The zero-order valence-corrected chi connectivity index (χ0v) is 12.2. The normalized spacial score (nSPS) is 13.4. The Morgan fingerprint density at radius 1 is 0.958 bits per heavy atom. The van der Waals surface area contributed by atoms with Crippen molar-refractivity contribution in [3.8, 4) is 0 Å². The fourth-order valence-electron chi connectivity index (χ4n) is 2.33. The number of halogens is 2. The van der Waals surface area contributed by atoms with Gasteiger partial charge in [0.1, 0.15) is 0 Å². The van der Waals surface area contributed by atoms with E-state index >= 15 is 0 Å². The van der Waals surface area contributed by atoms with Crippen molar-refractivity contribution in [3.63, 3.8) is 0 Å². The molecule has 0 N–H and O–H groups in total. The summed E-state index contributed by atoms with van der Waals surface area (Å²) in [5.74, 6) is -2.26. The zero-order chi connectivity index (χ0) is 17.3. The summed E-state index contributed by atoms with van der Waals surface area (Å²) < 4.78 is 24.9. The Kier molecular flexibility index (Phi) is 4.07. The van der Waals surface area contributed by atoms with Crippen LogP contribution in [0.25, 0.3) is 0 Å². The van der Waals surface area contributed by atoms with Crippen LogP contribution in [0, 0.1) is 0 Å². The number of alkyl halides is 2. The van der Waals surface area contributed by atoms with E-state index in [2.05, 4.69) is 0 Å². The average Bonchev–Trinajstić information content (AvgIpc) is 2.81. The van der Waals surface area contributed by atoms with Crippen molar-refractivity contribution in [3.05, 3.63) is 70.8 Å². The van der Waals surface area contributed by atoms with Gasteiger partial charge in [-0.15, -0.1) is 0 Å². The second-order valence-electron chi connectivity index (χ2n) is 5.13. The van der Waals surface area contributed by atoms with Gasteiger partial charge >= 0.3 is 5.97 Å². The highest BCUT2D eigenvalue weighted by atomic mass is 19.3. The third-order valence-electron chi connectivity index (χ3n) is 3.53. The molecule has 5 nitrogen and oxygen atoms in total. The molecule has 2 amide bonds. The average molecular weight is 331 g/mol. The van der Waals surface area contributed by atoms with Crippen molar-refractivity contribution in [2.75, 3.05) is 0 Å². The number of carbonyl (C=O) groups excluding carboxylic acids is 3. The number of hydrogen-bond donors (Lipinski definition) is 0. The van der Waals surface area contributed by atoms with E-state index in [1.54, 1.807) is 12.1 Å². The Hall–Kier alpha value is -3.09. The van der Waals surface area contributed by atoms with Gasteiger partial charge in [0.25, 0.3) is 18.2 Å². The van der Waals surface area contributed by atoms with Crippen LogP contribution in [0.15, 0.2) is 48.5 Å². The Morgan fingerprint density at radius 2 is 1.50 bits per heavy atom. The van der Waals surface area contributed by atoms with Crippen LogP contribution in [0.1, 0.15) is 38.3 Å². The van der Waals surface area contributed by atoms with E-state index in [-0.39, 0.29) is 23.1 Å². The number of rotatable bonds is 4. The van der Waals surface area contributed by atoms with Crippen molar-refractivity contribution in [1.29, 1.82) is 0 Å². The fourth-order valence-corrected chi connectivity index (χ4v) is 2.33. The molecule has 3 rings (SSSR count). The summed E-state index contributed by atoms with van der Waals surface area (Å²) in [6, 6.07) is 11.3. The van der Waals surface area contributed by atoms with Crippen molar-refractivity contribution in [2.24, 2.45) is 0 Å². The molecule has 0 fully saturated rings. The standard InChI is InChI=1S/C17H11F2NO4/c18-15(19)11-7-5-10(6-8-11)9-14(21)24-20-16(22)12-3-1-2-4-13(12)17(20)23/h1-8,15H,9H2. The second-order valence-corrected chi connectivity index (χ2v) is 5.13. The van der Waals surface area contributed by atoms with Gasteiger partial charge in [-0.2, -0.15) is 0 Å². The van der Waals surface area contributed by atoms with Crippen LogP contribution >= 0.6 is 0 Å². The minimum atomic E-state index is -2.59. The highest BCUT2D eigenvalue weighted by Gasteiger charge is 2.38. The lowest BCUT2D eigenvalue weighted by Crippen LogP contribution is -2.33. The zero-order valence-electron chi connectivity index (χ0n) is 12.2. The van der Waals surface area contributed by atoms with Crippen LogP contribution in [0.5, 0.6) is 0 Å². The minimum absolute atomic E-state index is 0.160. The number of imide groups is 1. The van der Waals surface area contributed by atoms with Gasteiger partial charge in [-0.3, -0.25) is 9.59 Å². The van der Waals surface area contributed by atoms with E-state index in [9.17, 15) is 23.2 Å². The molecule has 1 aliphatic rings. The topological polar surface area (TPSA) is 63.7 Å². The predicted octanol–water partition coefficient (Wildman–Crippen LogP) is 2.92. The molecule has 0 saturated heterocycles. The van der Waals surface area contributed by atoms with Gasteiger partial charge in [0, 0.05) is 5.56 Å². The first-order chi connectivity index (χ1) is 11.5. The molecule has 0 unspecified atom stereocenters. The first kappa shape index (κ1) is 15.8. The Labute approximate surface area is 135 Å². The minimum Gasteiger partial charge on any atom is -0.329 e. The van der Waals surface area contributed by atoms with E-state index in [4.69, 9.17) is 4.84 Å². The fraction of sp³-hybridized carbons (Fsp3) is 0.118. The molecule has 0 aliphatic carbocycles. The monoisotopic (exact) mass is 331 g/mol. The van der Waals surface area contributed by atoms with Crippen molar-refractivity contribution in [1.82, 2.24) is 5.06 Å². The molecule has 0 bridgehead atoms. The number of benzene rings is 2. The third kappa shape index (κ3) is 2.88. The number of nitrogens with zero attached hydrogens (tertiary/aromatic N) is 1. The molecule has 2 aromatic carbocycles. The summed E-state index contributed by atoms with van der Waals surface area (Å²) in [5.41, 5.74) is 0.599. The van der Waals surface area contributed by atoms with Gasteiger partial charge in [-0.25, -0.2) is 13.6 Å². The SMILES string of the molecule is O=C(Cc1ccc(C(F)F)cc1)ON1C(=O)c2ccccc2C1=O. The first-order valence-corrected chi connectivity index (χ1v) is 7.03. The maximum absolute atomic E-state index is 12.5. The maximum Gasteiger partial charge on any atom is 0.337 e. The molecule has 0 aromatic heterocycles. The van der Waals surface area contributed by atoms with Crippen molar-refractivity contribution >= 4 is 17.8 Å². The van der Waals surface area contributed by atoms with Crippen LogP contribution in [0.2, 0.25) is 0 Å². The lowest BCUT2D eigenvalue weighted by Gasteiger charge is -2.12. The van der Waals surface area contributed by atoms with Crippen LogP contribution in [-0.4, -0.2) is 22.8 Å². The summed E-state index contributed by atoms with van der Waals surface area (Å²) in [5, 5.41) is 0.417. The molecule has 2 aromatic rings. The molecule has 122 valence electrons. The molecule has 0 spiro atoms. The smallest absolute Gasteiger partial charge is 0.329 e. The summed E-state index contributed by atoms with van der Waals surface area (Å²) in [6.07, 6.45) is -2.85. The van der Waals surface area contributed by atoms with Gasteiger partial charge in [-0.1, -0.05) is 41.5 Å². The predicted molar refractivity (Wildman–Crippen MR) is 78.1 cm³/mol. The van der Waals surface area contributed by atoms with Crippen LogP contribution < -0.4 is 0 Å². The lowest BCUT2D eigenvalue weighted by atomic mass is 10.1. The second kappa shape index (κ2) is 6.19. The Balaban J connectivity index is 1.68. The van der Waals surface area contributed by atoms with Crippen LogP contribution in [0.4, 0.5) is 8.78 Å². The molecule has 0 atom stereocenters. The number of amides is 2. The molecule has 24 heavy (non-hydrogen) atoms. The summed E-state index contributed by atoms with van der Waals surface area (Å²) in [4.78, 5) is 40.9. The molecule has 7 heteroatoms. The van der Waals surface area contributed by atoms with Gasteiger partial charge in [0.2, 0.25) is 0 Å². The van der Waals surface area contributed by atoms with Gasteiger partial charge < -0.3 is 4.84 Å². The van der Waals surface area contributed by atoms with E-state index < -0.39 is 24.2 Å². The quantitative estimate of drug-likeness (QED) is 0.808. The number of carbonyl (C=O) groups is 3. The van der Waals surface area contributed by atoms with Crippen LogP contribution in [-0.2, 0) is 16.1 Å². The van der Waals surface area contributed by atoms with Gasteiger partial charge in [0.05, 0.1) is 17.5 Å². The summed E-state index contributed by atoms with van der Waals surface area (Å²) in [7, 11) is 0. The highest BCUT2D eigenvalue weighted by molar-refractivity contribution is 6.20. The number of hydroxylamine groups is 2. The lowest BCUT2D eigenvalue weighted by molar-refractivity contribution is -0.167. The molecular weight excluding hydrogens is 320 g/mol. The summed E-state index contributed by atoms with van der Waals surface area (Å²) >= 11 is 0. The van der Waals surface area contributed by atoms with Gasteiger partial charge in [-0.05, 0) is 17.7 Å². The highest BCUT2D eigenvalue weighted by Crippen LogP contribution is 2.23. The summed E-state index contributed by atoms with van der Waals surface area (Å²) in [6.45, 7) is 0. The third-order valence-corrected chi connectivity index (χ3v) is 3.53. The number of hydrogen-bond acceptors (Lipinski definition) is 4. The molecular formula is C17H11F2NO4. The van der Waals surface area contributed by atoms with E-state index in [0.29, 0.717) is 10.6 Å². The Morgan fingerprint density at radius 3 is 2.00 bits per heavy atom. The van der Waals surface area contributed by atoms with Crippen LogP contribution in [0.3, 0.4) is 0 Å². The Bertz CT molecular complexity index is 783. The first-order valence-electron chi connectivity index (χ1n) is 7.03. The largest absolute Gasteiger partial charge is 0.337 e.